The number of rotatable bonds is 8. The SMILES string of the molecule is COc1ccccc1[C@H](C)NC(=O)COc1ccc(S(=O)(=O)N2CCc3ccccc32)cc1Cl. The average molecular weight is 501 g/mol. The van der Waals surface area contributed by atoms with E-state index in [1.165, 1.54) is 22.5 Å². The van der Waals surface area contributed by atoms with Crippen LogP contribution in [0.25, 0.3) is 0 Å². The highest BCUT2D eigenvalue weighted by molar-refractivity contribution is 7.92. The average Bonchev–Trinajstić information content (AvgIpc) is 3.28. The summed E-state index contributed by atoms with van der Waals surface area (Å²) < 4.78 is 38.7. The summed E-state index contributed by atoms with van der Waals surface area (Å²) in [5.41, 5.74) is 2.51. The summed E-state index contributed by atoms with van der Waals surface area (Å²) in [5.74, 6) is 0.555. The number of ether oxygens (including phenoxy) is 2. The minimum absolute atomic E-state index is 0.0656. The molecule has 1 amide bonds. The minimum Gasteiger partial charge on any atom is -0.496 e. The van der Waals surface area contributed by atoms with Gasteiger partial charge in [0.15, 0.2) is 6.61 Å². The first kappa shape index (κ1) is 23.9. The van der Waals surface area contributed by atoms with Crippen molar-refractivity contribution < 1.29 is 22.7 Å². The fourth-order valence-electron chi connectivity index (χ4n) is 3.97. The molecule has 1 atom stereocenters. The fraction of sp³-hybridized carbons (Fsp3) is 0.240. The van der Waals surface area contributed by atoms with Gasteiger partial charge in [0, 0.05) is 12.1 Å². The molecular weight excluding hydrogens is 476 g/mol. The number of carbonyl (C=O) groups is 1. The van der Waals surface area contributed by atoms with E-state index in [1.807, 2.05) is 49.4 Å². The summed E-state index contributed by atoms with van der Waals surface area (Å²) in [4.78, 5) is 12.5. The zero-order valence-corrected chi connectivity index (χ0v) is 20.4. The van der Waals surface area contributed by atoms with Gasteiger partial charge in [-0.3, -0.25) is 9.10 Å². The Kier molecular flexibility index (Phi) is 7.00. The second-order valence-corrected chi connectivity index (χ2v) is 10.1. The molecule has 7 nitrogen and oxygen atoms in total. The molecule has 1 aliphatic rings. The van der Waals surface area contributed by atoms with Gasteiger partial charge in [-0.15, -0.1) is 0 Å². The van der Waals surface area contributed by atoms with E-state index in [9.17, 15) is 13.2 Å². The van der Waals surface area contributed by atoms with E-state index in [4.69, 9.17) is 21.1 Å². The molecule has 0 spiro atoms. The van der Waals surface area contributed by atoms with Crippen LogP contribution >= 0.6 is 11.6 Å². The van der Waals surface area contributed by atoms with E-state index in [0.29, 0.717) is 24.4 Å². The van der Waals surface area contributed by atoms with Gasteiger partial charge in [-0.25, -0.2) is 8.42 Å². The first-order valence-electron chi connectivity index (χ1n) is 10.8. The van der Waals surface area contributed by atoms with Crippen LogP contribution in [0, 0.1) is 0 Å². The lowest BCUT2D eigenvalue weighted by molar-refractivity contribution is -0.123. The Bertz CT molecular complexity index is 1310. The van der Waals surface area contributed by atoms with Gasteiger partial charge in [-0.05, 0) is 49.2 Å². The molecule has 0 aliphatic carbocycles. The molecule has 178 valence electrons. The van der Waals surface area contributed by atoms with Crippen LogP contribution in [0.4, 0.5) is 5.69 Å². The molecule has 0 bridgehead atoms. The third-order valence-electron chi connectivity index (χ3n) is 5.68. The maximum Gasteiger partial charge on any atom is 0.264 e. The normalized spacial score (nSPS) is 13.8. The van der Waals surface area contributed by atoms with Gasteiger partial charge < -0.3 is 14.8 Å². The van der Waals surface area contributed by atoms with Crippen molar-refractivity contribution in [2.75, 3.05) is 24.6 Å². The van der Waals surface area contributed by atoms with Gasteiger partial charge in [0.25, 0.3) is 15.9 Å². The monoisotopic (exact) mass is 500 g/mol. The number of benzene rings is 3. The number of anilines is 1. The molecule has 3 aromatic rings. The first-order valence-corrected chi connectivity index (χ1v) is 12.6. The molecule has 1 heterocycles. The van der Waals surface area contributed by atoms with Crippen molar-refractivity contribution in [2.24, 2.45) is 0 Å². The summed E-state index contributed by atoms with van der Waals surface area (Å²) in [7, 11) is -2.20. The van der Waals surface area contributed by atoms with Gasteiger partial charge >= 0.3 is 0 Å². The molecule has 34 heavy (non-hydrogen) atoms. The van der Waals surface area contributed by atoms with Gasteiger partial charge in [0.1, 0.15) is 11.5 Å². The second kappa shape index (κ2) is 9.95. The smallest absolute Gasteiger partial charge is 0.264 e. The van der Waals surface area contributed by atoms with Crippen molar-refractivity contribution in [3.63, 3.8) is 0 Å². The lowest BCUT2D eigenvalue weighted by atomic mass is 10.1. The Balaban J connectivity index is 1.41. The standard InChI is InChI=1S/C25H25ClN2O5S/c1-17(20-8-4-6-10-23(20)32-2)27-25(29)16-33-24-12-11-19(15-21(24)26)34(30,31)28-14-13-18-7-3-5-9-22(18)28/h3-12,15,17H,13-14,16H2,1-2H3,(H,27,29)/t17-/m0/s1. The Morgan fingerprint density at radius 1 is 1.09 bits per heavy atom. The van der Waals surface area contributed by atoms with E-state index in [0.717, 1.165) is 11.1 Å². The van der Waals surface area contributed by atoms with E-state index >= 15 is 0 Å². The van der Waals surface area contributed by atoms with Crippen LogP contribution in [0.2, 0.25) is 5.02 Å². The number of carbonyl (C=O) groups excluding carboxylic acids is 1. The van der Waals surface area contributed by atoms with Gasteiger partial charge in [0.05, 0.1) is 28.8 Å². The van der Waals surface area contributed by atoms with E-state index in [2.05, 4.69) is 5.32 Å². The molecule has 0 fully saturated rings. The third-order valence-corrected chi connectivity index (χ3v) is 7.78. The number of nitrogens with one attached hydrogen (secondary N) is 1. The molecule has 0 saturated heterocycles. The van der Waals surface area contributed by atoms with Crippen LogP contribution in [0.3, 0.4) is 0 Å². The third kappa shape index (κ3) is 4.83. The van der Waals surface area contributed by atoms with Gasteiger partial charge in [-0.1, -0.05) is 48.0 Å². The first-order chi connectivity index (χ1) is 16.3. The molecule has 0 saturated carbocycles. The molecule has 1 N–H and O–H groups in total. The Morgan fingerprint density at radius 3 is 2.59 bits per heavy atom. The predicted octanol–water partition coefficient (Wildman–Crippen LogP) is 4.36. The number of para-hydroxylation sites is 2. The van der Waals surface area contributed by atoms with Gasteiger partial charge in [-0.2, -0.15) is 0 Å². The maximum absolute atomic E-state index is 13.2. The summed E-state index contributed by atoms with van der Waals surface area (Å²) in [6, 6.07) is 18.8. The quantitative estimate of drug-likeness (QED) is 0.497. The summed E-state index contributed by atoms with van der Waals surface area (Å²) in [6.07, 6.45) is 0.659. The fourth-order valence-corrected chi connectivity index (χ4v) is 5.80. The summed E-state index contributed by atoms with van der Waals surface area (Å²) in [5, 5.41) is 2.96. The molecule has 0 radical (unpaired) electrons. The van der Waals surface area contributed by atoms with Crippen LogP contribution in [0.15, 0.2) is 71.6 Å². The van der Waals surface area contributed by atoms with Crippen LogP contribution in [0.1, 0.15) is 24.1 Å². The van der Waals surface area contributed by atoms with Crippen molar-refractivity contribution >= 4 is 33.2 Å². The van der Waals surface area contributed by atoms with Crippen molar-refractivity contribution in [1.29, 1.82) is 0 Å². The maximum atomic E-state index is 13.2. The predicted molar refractivity (Wildman–Crippen MR) is 131 cm³/mol. The summed E-state index contributed by atoms with van der Waals surface area (Å²) in [6.45, 7) is 1.95. The van der Waals surface area contributed by atoms with E-state index in [1.54, 1.807) is 13.2 Å². The number of hydrogen-bond acceptors (Lipinski definition) is 5. The zero-order chi connectivity index (χ0) is 24.3. The number of hydrogen-bond donors (Lipinski definition) is 1. The van der Waals surface area contributed by atoms with Crippen molar-refractivity contribution in [2.45, 2.75) is 24.3 Å². The number of halogens is 1. The Labute approximate surface area is 204 Å². The zero-order valence-electron chi connectivity index (χ0n) is 18.8. The van der Waals surface area contributed by atoms with Crippen LogP contribution in [-0.2, 0) is 21.2 Å². The number of sulfonamides is 1. The summed E-state index contributed by atoms with van der Waals surface area (Å²) >= 11 is 6.31. The molecule has 0 unspecified atom stereocenters. The molecular formula is C25H25ClN2O5S. The lowest BCUT2D eigenvalue weighted by Gasteiger charge is -2.20. The molecule has 1 aliphatic heterocycles. The highest BCUT2D eigenvalue weighted by Gasteiger charge is 2.31. The van der Waals surface area contributed by atoms with Crippen molar-refractivity contribution in [3.05, 3.63) is 82.9 Å². The van der Waals surface area contributed by atoms with Crippen LogP contribution in [-0.4, -0.2) is 34.6 Å². The van der Waals surface area contributed by atoms with Crippen LogP contribution in [0.5, 0.6) is 11.5 Å². The minimum atomic E-state index is -3.77. The lowest BCUT2D eigenvalue weighted by Crippen LogP contribution is -2.31. The van der Waals surface area contributed by atoms with E-state index in [-0.39, 0.29) is 34.2 Å². The van der Waals surface area contributed by atoms with Crippen molar-refractivity contribution in [1.82, 2.24) is 5.32 Å². The topological polar surface area (TPSA) is 84.9 Å². The molecule has 9 heteroatoms. The largest absolute Gasteiger partial charge is 0.496 e. The number of amides is 1. The Morgan fingerprint density at radius 2 is 1.82 bits per heavy atom. The highest BCUT2D eigenvalue weighted by Crippen LogP contribution is 2.35. The molecule has 4 rings (SSSR count). The van der Waals surface area contributed by atoms with Gasteiger partial charge in [0.2, 0.25) is 0 Å². The second-order valence-electron chi connectivity index (χ2n) is 7.87. The molecule has 3 aromatic carbocycles. The molecule has 0 aromatic heterocycles. The number of methoxy groups -OCH3 is 1. The highest BCUT2D eigenvalue weighted by atomic mass is 35.5. The van der Waals surface area contributed by atoms with Crippen molar-refractivity contribution in [3.8, 4) is 11.5 Å². The van der Waals surface area contributed by atoms with E-state index < -0.39 is 10.0 Å². The Hall–Kier alpha value is -3.23. The number of nitrogens with zero attached hydrogens (tertiary/aromatic N) is 1. The van der Waals surface area contributed by atoms with Crippen LogP contribution < -0.4 is 19.1 Å². The number of fused-ring (bicyclic) bond motifs is 1.